The van der Waals surface area contributed by atoms with E-state index in [-0.39, 0.29) is 33.6 Å². The van der Waals surface area contributed by atoms with Crippen molar-refractivity contribution in [3.05, 3.63) is 82.2 Å². The first-order chi connectivity index (χ1) is 21.3. The Labute approximate surface area is 262 Å². The largest absolute Gasteiger partial charge is 0.469 e. The number of ether oxygens (including phenoxy) is 2. The SMILES string of the molecule is CN(C)C(=O)c1c(OC(=O)c2cccc(COP(=O)(O)O)c2)c(OC(=O)c2cccc(COP(=O)(O)O)c2)c(C(=O)N(C)C)n1C. The second kappa shape index (κ2) is 14.5. The van der Waals surface area contributed by atoms with E-state index in [2.05, 4.69) is 9.05 Å². The summed E-state index contributed by atoms with van der Waals surface area (Å²) in [6.45, 7) is -1.10. The first-order valence-corrected chi connectivity index (χ1v) is 16.0. The summed E-state index contributed by atoms with van der Waals surface area (Å²) < 4.78 is 43.5. The van der Waals surface area contributed by atoms with Gasteiger partial charge >= 0.3 is 27.6 Å². The molecule has 0 aliphatic carbocycles. The predicted molar refractivity (Wildman–Crippen MR) is 158 cm³/mol. The fourth-order valence-corrected chi connectivity index (χ4v) is 4.56. The Balaban J connectivity index is 2.12. The van der Waals surface area contributed by atoms with Crippen LogP contribution in [0.3, 0.4) is 0 Å². The van der Waals surface area contributed by atoms with E-state index < -0.39 is 64.1 Å². The number of amides is 2. The van der Waals surface area contributed by atoms with E-state index in [4.69, 9.17) is 29.0 Å². The molecule has 2 aromatic carbocycles. The highest BCUT2D eigenvalue weighted by Gasteiger charge is 2.36. The van der Waals surface area contributed by atoms with Crippen molar-refractivity contribution < 1.29 is 66.4 Å². The molecule has 0 radical (unpaired) electrons. The zero-order valence-corrected chi connectivity index (χ0v) is 26.9. The van der Waals surface area contributed by atoms with E-state index in [1.54, 1.807) is 0 Å². The molecule has 0 aliphatic rings. The standard InChI is InChI=1S/C27H31N3O14P2/c1-28(2)24(31)20-22(43-26(33)18-10-6-8-16(12-18)14-41-45(35,36)37)23(21(30(20)5)25(32)29(3)4)44-27(34)19-11-7-9-17(13-19)15-42-46(38,39)40/h6-13H,14-15H2,1-5H3,(H2,35,36,37)(H2,38,39,40). The Bertz CT molecular complexity index is 1630. The molecule has 0 bridgehead atoms. The number of rotatable bonds is 12. The van der Waals surface area contributed by atoms with E-state index in [1.165, 1.54) is 83.8 Å². The Hall–Kier alpha value is -4.18. The third-order valence-corrected chi connectivity index (χ3v) is 6.97. The summed E-state index contributed by atoms with van der Waals surface area (Å²) >= 11 is 0. The average molecular weight is 684 g/mol. The molecule has 0 aliphatic heterocycles. The van der Waals surface area contributed by atoms with E-state index in [9.17, 15) is 28.3 Å². The monoisotopic (exact) mass is 683 g/mol. The molecule has 0 saturated heterocycles. The minimum absolute atomic E-state index is 0.144. The van der Waals surface area contributed by atoms with Crippen molar-refractivity contribution in [2.45, 2.75) is 13.2 Å². The van der Waals surface area contributed by atoms with Crippen LogP contribution in [0.1, 0.15) is 52.8 Å². The van der Waals surface area contributed by atoms with Gasteiger partial charge in [-0.2, -0.15) is 0 Å². The van der Waals surface area contributed by atoms with Crippen LogP contribution >= 0.6 is 15.6 Å². The number of aromatic nitrogens is 1. The molecule has 0 atom stereocenters. The number of phosphoric acid groups is 2. The quantitative estimate of drug-likeness (QED) is 0.158. The van der Waals surface area contributed by atoms with Gasteiger partial charge in [0.1, 0.15) is 0 Å². The zero-order valence-electron chi connectivity index (χ0n) is 25.1. The summed E-state index contributed by atoms with van der Waals surface area (Å²) in [5.74, 6) is -4.81. The smallest absolute Gasteiger partial charge is 0.416 e. The van der Waals surface area contributed by atoms with E-state index in [1.807, 2.05) is 0 Å². The third kappa shape index (κ3) is 9.42. The molecule has 3 rings (SSSR count). The number of carbonyl (C=O) groups excluding carboxylic acids is 4. The van der Waals surface area contributed by atoms with E-state index in [0.717, 1.165) is 14.4 Å². The lowest BCUT2D eigenvalue weighted by atomic mass is 10.1. The summed E-state index contributed by atoms with van der Waals surface area (Å²) in [5.41, 5.74) is -0.586. The summed E-state index contributed by atoms with van der Waals surface area (Å²) in [5, 5.41) is 0. The first kappa shape index (κ1) is 36.3. The van der Waals surface area contributed by atoms with Crippen molar-refractivity contribution in [3.63, 3.8) is 0 Å². The maximum Gasteiger partial charge on any atom is 0.469 e. The van der Waals surface area contributed by atoms with Gasteiger partial charge in [-0.25, -0.2) is 18.7 Å². The van der Waals surface area contributed by atoms with Gasteiger partial charge in [0.25, 0.3) is 11.8 Å². The Morgan fingerprint density at radius 2 is 1.02 bits per heavy atom. The van der Waals surface area contributed by atoms with E-state index >= 15 is 0 Å². The zero-order chi connectivity index (χ0) is 34.6. The molecular weight excluding hydrogens is 652 g/mol. The highest BCUT2D eigenvalue weighted by molar-refractivity contribution is 7.46. The number of nitrogens with zero attached hydrogens (tertiary/aromatic N) is 3. The number of benzene rings is 2. The molecule has 1 aromatic heterocycles. The normalized spacial score (nSPS) is 11.6. The van der Waals surface area contributed by atoms with Crippen molar-refractivity contribution >= 4 is 39.4 Å². The molecule has 0 unspecified atom stereocenters. The van der Waals surface area contributed by atoms with Gasteiger partial charge in [0, 0.05) is 35.2 Å². The molecular formula is C27H31N3O14P2. The van der Waals surface area contributed by atoms with Gasteiger partial charge in [0.05, 0.1) is 24.3 Å². The predicted octanol–water partition coefficient (Wildman–Crippen LogP) is 2.09. The molecule has 0 saturated carbocycles. The van der Waals surface area contributed by atoms with Gasteiger partial charge in [0.2, 0.25) is 11.5 Å². The van der Waals surface area contributed by atoms with Crippen LogP contribution in [0.2, 0.25) is 0 Å². The highest BCUT2D eigenvalue weighted by atomic mass is 31.2. The molecule has 248 valence electrons. The van der Waals surface area contributed by atoms with Crippen LogP contribution in [-0.2, 0) is 38.4 Å². The lowest BCUT2D eigenvalue weighted by Gasteiger charge is -2.14. The molecule has 2 amide bonds. The minimum atomic E-state index is -4.82. The Kier molecular flexibility index (Phi) is 11.4. The number of esters is 2. The topological polar surface area (TPSA) is 232 Å². The van der Waals surface area contributed by atoms with Crippen molar-refractivity contribution in [2.75, 3.05) is 28.2 Å². The van der Waals surface area contributed by atoms with Crippen molar-refractivity contribution in [3.8, 4) is 11.5 Å². The lowest BCUT2D eigenvalue weighted by Crippen LogP contribution is -2.28. The summed E-state index contributed by atoms with van der Waals surface area (Å²) in [7, 11) is -2.72. The molecule has 0 fully saturated rings. The van der Waals surface area contributed by atoms with Crippen LogP contribution in [0.25, 0.3) is 0 Å². The van der Waals surface area contributed by atoms with E-state index in [0.29, 0.717) is 0 Å². The van der Waals surface area contributed by atoms with Crippen molar-refractivity contribution in [1.82, 2.24) is 14.4 Å². The molecule has 19 heteroatoms. The van der Waals surface area contributed by atoms with Crippen LogP contribution < -0.4 is 9.47 Å². The summed E-state index contributed by atoms with van der Waals surface area (Å²) in [4.78, 5) is 91.7. The van der Waals surface area contributed by atoms with Gasteiger partial charge in [-0.1, -0.05) is 24.3 Å². The molecule has 17 nitrogen and oxygen atoms in total. The minimum Gasteiger partial charge on any atom is -0.416 e. The maximum atomic E-state index is 13.4. The lowest BCUT2D eigenvalue weighted by molar-refractivity contribution is 0.0671. The Morgan fingerprint density at radius 3 is 1.33 bits per heavy atom. The molecule has 3 aromatic rings. The average Bonchev–Trinajstić information content (AvgIpc) is 3.23. The third-order valence-electron chi connectivity index (χ3n) is 6.04. The van der Waals surface area contributed by atoms with Crippen LogP contribution in [0.5, 0.6) is 11.5 Å². The second-order valence-corrected chi connectivity index (χ2v) is 12.5. The number of hydrogen-bond acceptors (Lipinski definition) is 10. The number of hydrogen-bond donors (Lipinski definition) is 4. The van der Waals surface area contributed by atoms with Gasteiger partial charge in [-0.15, -0.1) is 0 Å². The molecule has 46 heavy (non-hydrogen) atoms. The molecule has 4 N–H and O–H groups in total. The van der Waals surface area contributed by atoms with Crippen molar-refractivity contribution in [2.24, 2.45) is 7.05 Å². The van der Waals surface area contributed by atoms with Crippen molar-refractivity contribution in [1.29, 1.82) is 0 Å². The fourth-order valence-electron chi connectivity index (χ4n) is 3.92. The second-order valence-electron chi connectivity index (χ2n) is 10.0. The van der Waals surface area contributed by atoms with Crippen LogP contribution in [-0.4, -0.2) is 85.9 Å². The van der Waals surface area contributed by atoms with Gasteiger partial charge < -0.3 is 43.4 Å². The van der Waals surface area contributed by atoms with Crippen LogP contribution in [0.15, 0.2) is 48.5 Å². The molecule has 0 spiro atoms. The fraction of sp³-hybridized carbons (Fsp3) is 0.259. The van der Waals surface area contributed by atoms with Crippen LogP contribution in [0.4, 0.5) is 0 Å². The van der Waals surface area contributed by atoms with Gasteiger partial charge in [0.15, 0.2) is 11.4 Å². The maximum absolute atomic E-state index is 13.4. The van der Waals surface area contributed by atoms with Crippen LogP contribution in [0, 0.1) is 0 Å². The number of phosphoric ester groups is 2. The highest BCUT2D eigenvalue weighted by Crippen LogP contribution is 2.41. The van der Waals surface area contributed by atoms with Gasteiger partial charge in [-0.05, 0) is 35.4 Å². The molecule has 1 heterocycles. The summed E-state index contributed by atoms with van der Waals surface area (Å²) in [6, 6.07) is 10.7. The summed E-state index contributed by atoms with van der Waals surface area (Å²) in [6.07, 6.45) is 0. The Morgan fingerprint density at radius 1 is 0.674 bits per heavy atom. The first-order valence-electron chi connectivity index (χ1n) is 13.0. The number of carbonyl (C=O) groups is 4. The van der Waals surface area contributed by atoms with Gasteiger partial charge in [-0.3, -0.25) is 18.6 Å².